The Labute approximate surface area is 178 Å². The number of methoxy groups -OCH3 is 3. The second-order valence-electron chi connectivity index (χ2n) is 6.39. The minimum atomic E-state index is -0.639. The predicted octanol–water partition coefficient (Wildman–Crippen LogP) is 2.31. The summed E-state index contributed by atoms with van der Waals surface area (Å²) < 4.78 is 22.7. The maximum absolute atomic E-state index is 12.5. The zero-order valence-electron chi connectivity index (χ0n) is 17.3. The molecule has 3 aromatic rings. The summed E-state index contributed by atoms with van der Waals surface area (Å²) in [4.78, 5) is 24.6. The Bertz CT molecular complexity index is 1140. The van der Waals surface area contributed by atoms with Gasteiger partial charge in [0.25, 0.3) is 5.91 Å². The molecule has 0 aliphatic heterocycles. The normalized spacial score (nSPS) is 10.3. The first-order chi connectivity index (χ1) is 15.0. The molecule has 3 rings (SSSR count). The Morgan fingerprint density at radius 3 is 2.42 bits per heavy atom. The third-order valence-corrected chi connectivity index (χ3v) is 4.58. The third-order valence-electron chi connectivity index (χ3n) is 4.58. The Morgan fingerprint density at radius 1 is 1.10 bits per heavy atom. The molecule has 1 amide bonds. The standard InChI is InChI=1S/C22H21N3O6/c1-28-18-8-14(9-19(29-2)21(18)30-3)22(27)24-11-20(26)31-13-15-12-25-7-5-4-6-17(25)16(15)10-23/h4-9,12H,11,13H2,1-3H3,(H,24,27). The van der Waals surface area contributed by atoms with Crippen LogP contribution in [0.5, 0.6) is 17.2 Å². The van der Waals surface area contributed by atoms with Crippen molar-refractivity contribution in [2.24, 2.45) is 0 Å². The summed E-state index contributed by atoms with van der Waals surface area (Å²) in [7, 11) is 4.34. The Kier molecular flexibility index (Phi) is 6.62. The number of ether oxygens (including phenoxy) is 4. The van der Waals surface area contributed by atoms with Crippen molar-refractivity contribution < 1.29 is 28.5 Å². The van der Waals surface area contributed by atoms with Crippen LogP contribution >= 0.6 is 0 Å². The highest BCUT2D eigenvalue weighted by Crippen LogP contribution is 2.38. The van der Waals surface area contributed by atoms with E-state index < -0.39 is 11.9 Å². The second-order valence-corrected chi connectivity index (χ2v) is 6.39. The number of nitrogens with one attached hydrogen (secondary N) is 1. The van der Waals surface area contributed by atoms with Crippen LogP contribution in [-0.2, 0) is 16.1 Å². The highest BCUT2D eigenvalue weighted by Gasteiger charge is 2.18. The van der Waals surface area contributed by atoms with Crippen LogP contribution in [0, 0.1) is 11.3 Å². The number of esters is 1. The van der Waals surface area contributed by atoms with E-state index in [1.807, 2.05) is 18.2 Å². The van der Waals surface area contributed by atoms with Gasteiger partial charge in [0, 0.05) is 23.5 Å². The maximum Gasteiger partial charge on any atom is 0.325 e. The van der Waals surface area contributed by atoms with Gasteiger partial charge in [0.05, 0.1) is 32.4 Å². The van der Waals surface area contributed by atoms with E-state index in [2.05, 4.69) is 11.4 Å². The van der Waals surface area contributed by atoms with Gasteiger partial charge >= 0.3 is 5.97 Å². The first-order valence-electron chi connectivity index (χ1n) is 9.24. The number of hydrogen-bond donors (Lipinski definition) is 1. The molecule has 1 N–H and O–H groups in total. The fourth-order valence-electron chi connectivity index (χ4n) is 3.09. The van der Waals surface area contributed by atoms with Crippen molar-refractivity contribution in [3.63, 3.8) is 0 Å². The van der Waals surface area contributed by atoms with Gasteiger partial charge in [-0.3, -0.25) is 9.59 Å². The zero-order chi connectivity index (χ0) is 22.4. The summed E-state index contributed by atoms with van der Waals surface area (Å²) in [6.45, 7) is -0.422. The molecule has 0 radical (unpaired) electrons. The van der Waals surface area contributed by atoms with E-state index >= 15 is 0 Å². The topological polar surface area (TPSA) is 111 Å². The van der Waals surface area contributed by atoms with Gasteiger partial charge < -0.3 is 28.7 Å². The van der Waals surface area contributed by atoms with Gasteiger partial charge in [0.2, 0.25) is 5.75 Å². The minimum Gasteiger partial charge on any atom is -0.493 e. The van der Waals surface area contributed by atoms with Gasteiger partial charge in [-0.25, -0.2) is 0 Å². The monoisotopic (exact) mass is 423 g/mol. The molecule has 0 atom stereocenters. The van der Waals surface area contributed by atoms with E-state index in [1.165, 1.54) is 33.5 Å². The first kappa shape index (κ1) is 21.5. The molecule has 0 bridgehead atoms. The van der Waals surface area contributed by atoms with Crippen LogP contribution < -0.4 is 19.5 Å². The number of nitriles is 1. The molecule has 9 heteroatoms. The predicted molar refractivity (Wildman–Crippen MR) is 110 cm³/mol. The molecule has 0 aliphatic rings. The summed E-state index contributed by atoms with van der Waals surface area (Å²) in [5.41, 5.74) is 1.98. The van der Waals surface area contributed by atoms with Gasteiger partial charge in [-0.2, -0.15) is 5.26 Å². The molecule has 9 nitrogen and oxygen atoms in total. The SMILES string of the molecule is COc1cc(C(=O)NCC(=O)OCc2cn3ccccc3c2C#N)cc(OC)c1OC. The average molecular weight is 423 g/mol. The fraction of sp³-hybridized carbons (Fsp3) is 0.227. The van der Waals surface area contributed by atoms with Crippen molar-refractivity contribution in [2.75, 3.05) is 27.9 Å². The van der Waals surface area contributed by atoms with Crippen molar-refractivity contribution in [3.8, 4) is 23.3 Å². The zero-order valence-corrected chi connectivity index (χ0v) is 17.3. The molecule has 0 saturated carbocycles. The lowest BCUT2D eigenvalue weighted by Gasteiger charge is -2.14. The summed E-state index contributed by atoms with van der Waals surface area (Å²) in [5, 5.41) is 11.9. The number of amides is 1. The lowest BCUT2D eigenvalue weighted by Crippen LogP contribution is -2.30. The molecular formula is C22H21N3O6. The first-order valence-corrected chi connectivity index (χ1v) is 9.24. The van der Waals surface area contributed by atoms with Crippen LogP contribution in [0.25, 0.3) is 5.52 Å². The number of pyridine rings is 1. The highest BCUT2D eigenvalue weighted by molar-refractivity contribution is 5.97. The van der Waals surface area contributed by atoms with E-state index in [4.69, 9.17) is 18.9 Å². The van der Waals surface area contributed by atoms with E-state index in [0.717, 1.165) is 5.52 Å². The van der Waals surface area contributed by atoms with Crippen molar-refractivity contribution >= 4 is 17.4 Å². The van der Waals surface area contributed by atoms with Crippen molar-refractivity contribution in [2.45, 2.75) is 6.61 Å². The van der Waals surface area contributed by atoms with E-state index in [-0.39, 0.29) is 18.7 Å². The fourth-order valence-corrected chi connectivity index (χ4v) is 3.09. The second kappa shape index (κ2) is 9.54. The Morgan fingerprint density at radius 2 is 1.81 bits per heavy atom. The van der Waals surface area contributed by atoms with Gasteiger partial charge in [0.1, 0.15) is 19.2 Å². The molecular weight excluding hydrogens is 402 g/mol. The lowest BCUT2D eigenvalue weighted by atomic mass is 10.1. The number of benzene rings is 1. The van der Waals surface area contributed by atoms with Crippen molar-refractivity contribution in [3.05, 3.63) is 59.4 Å². The highest BCUT2D eigenvalue weighted by atomic mass is 16.5. The van der Waals surface area contributed by atoms with Gasteiger partial charge in [0.15, 0.2) is 11.5 Å². The molecule has 31 heavy (non-hydrogen) atoms. The minimum absolute atomic E-state index is 0.0799. The summed E-state index contributed by atoms with van der Waals surface area (Å²) in [5.74, 6) is -0.156. The van der Waals surface area contributed by atoms with Crippen LogP contribution in [-0.4, -0.2) is 44.2 Å². The molecule has 0 unspecified atom stereocenters. The summed E-state index contributed by atoms with van der Waals surface area (Å²) in [6.07, 6.45) is 3.54. The molecule has 2 aromatic heterocycles. The van der Waals surface area contributed by atoms with E-state index in [9.17, 15) is 14.9 Å². The Balaban J connectivity index is 1.63. The molecule has 0 aliphatic carbocycles. The largest absolute Gasteiger partial charge is 0.493 e. The van der Waals surface area contributed by atoms with Crippen molar-refractivity contribution in [1.82, 2.24) is 9.72 Å². The van der Waals surface area contributed by atoms with Crippen LogP contribution in [0.15, 0.2) is 42.7 Å². The van der Waals surface area contributed by atoms with Crippen molar-refractivity contribution in [1.29, 1.82) is 5.26 Å². The van der Waals surface area contributed by atoms with Crippen LogP contribution in [0.1, 0.15) is 21.5 Å². The molecule has 0 fully saturated rings. The molecule has 0 saturated heterocycles. The van der Waals surface area contributed by atoms with Crippen LogP contribution in [0.4, 0.5) is 0 Å². The number of hydrogen-bond acceptors (Lipinski definition) is 7. The molecule has 2 heterocycles. The smallest absolute Gasteiger partial charge is 0.325 e. The van der Waals surface area contributed by atoms with Crippen LogP contribution in [0.2, 0.25) is 0 Å². The Hall–Kier alpha value is -4.19. The van der Waals surface area contributed by atoms with Crippen LogP contribution in [0.3, 0.4) is 0 Å². The lowest BCUT2D eigenvalue weighted by molar-refractivity contribution is -0.143. The maximum atomic E-state index is 12.5. The summed E-state index contributed by atoms with van der Waals surface area (Å²) in [6, 6.07) is 10.6. The van der Waals surface area contributed by atoms with E-state index in [1.54, 1.807) is 16.8 Å². The van der Waals surface area contributed by atoms with Gasteiger partial charge in [-0.15, -0.1) is 0 Å². The number of carbonyl (C=O) groups is 2. The summed E-state index contributed by atoms with van der Waals surface area (Å²) >= 11 is 0. The number of fused-ring (bicyclic) bond motifs is 1. The average Bonchev–Trinajstić information content (AvgIpc) is 3.17. The number of carbonyl (C=O) groups excluding carboxylic acids is 2. The quantitative estimate of drug-likeness (QED) is 0.554. The molecule has 1 aromatic carbocycles. The number of aromatic nitrogens is 1. The van der Waals surface area contributed by atoms with E-state index in [0.29, 0.717) is 28.4 Å². The van der Waals surface area contributed by atoms with Gasteiger partial charge in [-0.05, 0) is 24.3 Å². The molecule has 160 valence electrons. The molecule has 0 spiro atoms. The van der Waals surface area contributed by atoms with Gasteiger partial charge in [-0.1, -0.05) is 6.07 Å². The third kappa shape index (κ3) is 4.53. The number of rotatable bonds is 8. The number of nitrogens with zero attached hydrogens (tertiary/aromatic N) is 2.